The summed E-state index contributed by atoms with van der Waals surface area (Å²) in [5, 5.41) is 10.6. The summed E-state index contributed by atoms with van der Waals surface area (Å²) in [6, 6.07) is 4.13. The van der Waals surface area contributed by atoms with Crippen LogP contribution in [0.5, 0.6) is 0 Å². The van der Waals surface area contributed by atoms with Crippen LogP contribution in [0.15, 0.2) is 12.3 Å². The van der Waals surface area contributed by atoms with Gasteiger partial charge in [0.15, 0.2) is 0 Å². The third-order valence-corrected chi connectivity index (χ3v) is 3.26. The summed E-state index contributed by atoms with van der Waals surface area (Å²) in [5.74, 6) is 0. The number of aryl methyl sites for hydroxylation is 1. The van der Waals surface area contributed by atoms with Crippen molar-refractivity contribution in [2.45, 2.75) is 19.8 Å². The first kappa shape index (κ1) is 9.94. The molecule has 0 bridgehead atoms. The van der Waals surface area contributed by atoms with E-state index in [9.17, 15) is 0 Å². The number of anilines is 1. The molecule has 0 fully saturated rings. The molecule has 2 aromatic rings. The lowest BCUT2D eigenvalue weighted by Crippen LogP contribution is -1.88. The maximum atomic E-state index is 9.05. The van der Waals surface area contributed by atoms with Crippen LogP contribution in [0.4, 0.5) is 5.00 Å². The molecule has 0 saturated heterocycles. The minimum absolute atomic E-state index is 0.573. The van der Waals surface area contributed by atoms with E-state index in [0.29, 0.717) is 10.6 Å². The molecule has 0 amide bonds. The summed E-state index contributed by atoms with van der Waals surface area (Å²) in [4.78, 5) is 5.11. The van der Waals surface area contributed by atoms with Gasteiger partial charge >= 0.3 is 0 Å². The van der Waals surface area contributed by atoms with Crippen LogP contribution in [0, 0.1) is 11.3 Å². The molecular weight excluding hydrogens is 206 g/mol. The van der Waals surface area contributed by atoms with Crippen LogP contribution in [0.25, 0.3) is 10.2 Å². The second-order valence-corrected chi connectivity index (χ2v) is 4.38. The smallest absolute Gasteiger partial charge is 0.126 e. The Morgan fingerprint density at radius 2 is 2.40 bits per heavy atom. The van der Waals surface area contributed by atoms with Gasteiger partial charge in [-0.15, -0.1) is 0 Å². The summed E-state index contributed by atoms with van der Waals surface area (Å²) in [7, 11) is 0. The van der Waals surface area contributed by atoms with E-state index in [1.807, 2.05) is 6.07 Å². The number of nitriles is 1. The van der Waals surface area contributed by atoms with Crippen LogP contribution in [-0.2, 0) is 6.42 Å². The molecule has 2 aromatic heterocycles. The molecule has 0 saturated carbocycles. The van der Waals surface area contributed by atoms with Crippen molar-refractivity contribution < 1.29 is 0 Å². The van der Waals surface area contributed by atoms with Crippen LogP contribution < -0.4 is 5.73 Å². The third-order valence-electron chi connectivity index (χ3n) is 2.34. The zero-order chi connectivity index (χ0) is 10.8. The van der Waals surface area contributed by atoms with E-state index >= 15 is 0 Å². The van der Waals surface area contributed by atoms with Crippen LogP contribution in [0.2, 0.25) is 0 Å². The Morgan fingerprint density at radius 3 is 3.07 bits per heavy atom. The molecule has 76 valence electrons. The molecule has 0 radical (unpaired) electrons. The van der Waals surface area contributed by atoms with E-state index in [2.05, 4.69) is 18.0 Å². The van der Waals surface area contributed by atoms with Gasteiger partial charge in [-0.2, -0.15) is 5.26 Å². The molecule has 2 rings (SSSR count). The highest BCUT2D eigenvalue weighted by molar-refractivity contribution is 7.22. The quantitative estimate of drug-likeness (QED) is 0.841. The van der Waals surface area contributed by atoms with Gasteiger partial charge in [0, 0.05) is 11.6 Å². The van der Waals surface area contributed by atoms with Crippen molar-refractivity contribution in [2.75, 3.05) is 5.73 Å². The molecule has 0 aromatic carbocycles. The normalized spacial score (nSPS) is 10.4. The number of nitrogens with zero attached hydrogens (tertiary/aromatic N) is 2. The van der Waals surface area contributed by atoms with Gasteiger partial charge in [0.25, 0.3) is 0 Å². The van der Waals surface area contributed by atoms with E-state index in [1.165, 1.54) is 16.9 Å². The van der Waals surface area contributed by atoms with Gasteiger partial charge in [0.1, 0.15) is 15.9 Å². The highest BCUT2D eigenvalue weighted by Crippen LogP contribution is 2.33. The average Bonchev–Trinajstić information content (AvgIpc) is 2.55. The Morgan fingerprint density at radius 1 is 1.60 bits per heavy atom. The van der Waals surface area contributed by atoms with Crippen molar-refractivity contribution >= 4 is 26.6 Å². The fourth-order valence-electron chi connectivity index (χ4n) is 1.69. The van der Waals surface area contributed by atoms with Crippen molar-refractivity contribution in [3.8, 4) is 6.07 Å². The van der Waals surface area contributed by atoms with E-state index in [-0.39, 0.29) is 0 Å². The van der Waals surface area contributed by atoms with E-state index in [0.717, 1.165) is 23.1 Å². The second-order valence-electron chi connectivity index (χ2n) is 3.35. The molecule has 0 spiro atoms. The molecule has 0 atom stereocenters. The van der Waals surface area contributed by atoms with Crippen molar-refractivity contribution in [3.63, 3.8) is 0 Å². The summed E-state index contributed by atoms with van der Waals surface area (Å²) < 4.78 is 0. The van der Waals surface area contributed by atoms with E-state index in [4.69, 9.17) is 11.0 Å². The van der Waals surface area contributed by atoms with Crippen molar-refractivity contribution in [1.29, 1.82) is 5.26 Å². The Labute approximate surface area is 92.2 Å². The van der Waals surface area contributed by atoms with Gasteiger partial charge in [-0.3, -0.25) is 0 Å². The fraction of sp³-hybridized carbons (Fsp3) is 0.273. The first-order chi connectivity index (χ1) is 7.27. The Balaban J connectivity index is 2.77. The largest absolute Gasteiger partial charge is 0.389 e. The standard InChI is InChI=1S/C11H11N3S/c1-2-3-7-4-5-14-11-9(7)8(6-12)10(13)15-11/h4-5H,2-3,13H2,1H3. The van der Waals surface area contributed by atoms with Crippen molar-refractivity contribution in [2.24, 2.45) is 0 Å². The molecule has 2 N–H and O–H groups in total. The number of thiophene rings is 1. The number of nitrogens with two attached hydrogens (primary N) is 1. The molecule has 15 heavy (non-hydrogen) atoms. The van der Waals surface area contributed by atoms with Gasteiger partial charge < -0.3 is 5.73 Å². The minimum atomic E-state index is 0.573. The van der Waals surface area contributed by atoms with Crippen LogP contribution in [0.3, 0.4) is 0 Å². The summed E-state index contributed by atoms with van der Waals surface area (Å²) in [6.45, 7) is 2.12. The fourth-order valence-corrected chi connectivity index (χ4v) is 2.60. The SMILES string of the molecule is CCCc1ccnc2sc(N)c(C#N)c12. The summed E-state index contributed by atoms with van der Waals surface area (Å²) in [5.41, 5.74) is 7.55. The molecule has 0 unspecified atom stereocenters. The molecule has 3 nitrogen and oxygen atoms in total. The van der Waals surface area contributed by atoms with Gasteiger partial charge in [0.05, 0.1) is 5.56 Å². The zero-order valence-corrected chi connectivity index (χ0v) is 9.27. The van der Waals surface area contributed by atoms with Crippen molar-refractivity contribution in [3.05, 3.63) is 23.4 Å². The molecule has 0 aliphatic rings. The highest BCUT2D eigenvalue weighted by Gasteiger charge is 2.13. The maximum absolute atomic E-state index is 9.05. The third kappa shape index (κ3) is 1.55. The Kier molecular flexibility index (Phi) is 2.57. The lowest BCUT2D eigenvalue weighted by atomic mass is 10.1. The Bertz CT molecular complexity index is 536. The lowest BCUT2D eigenvalue weighted by Gasteiger charge is -2.00. The van der Waals surface area contributed by atoms with Crippen LogP contribution >= 0.6 is 11.3 Å². The second kappa shape index (κ2) is 3.87. The molecule has 4 heteroatoms. The number of aromatic nitrogens is 1. The number of nitrogen functional groups attached to an aromatic ring is 1. The number of fused-ring (bicyclic) bond motifs is 1. The van der Waals surface area contributed by atoms with Crippen LogP contribution in [0.1, 0.15) is 24.5 Å². The predicted molar refractivity (Wildman–Crippen MR) is 62.7 cm³/mol. The van der Waals surface area contributed by atoms with Crippen molar-refractivity contribution in [1.82, 2.24) is 4.98 Å². The number of hydrogen-bond acceptors (Lipinski definition) is 4. The predicted octanol–water partition coefficient (Wildman–Crippen LogP) is 2.70. The summed E-state index contributed by atoms with van der Waals surface area (Å²) >= 11 is 1.39. The molecule has 0 aliphatic carbocycles. The van der Waals surface area contributed by atoms with Gasteiger partial charge in [-0.25, -0.2) is 4.98 Å². The lowest BCUT2D eigenvalue weighted by molar-refractivity contribution is 0.928. The van der Waals surface area contributed by atoms with Gasteiger partial charge in [-0.1, -0.05) is 24.7 Å². The first-order valence-corrected chi connectivity index (χ1v) is 5.65. The van der Waals surface area contributed by atoms with E-state index < -0.39 is 0 Å². The molecular formula is C11H11N3S. The van der Waals surface area contributed by atoms with Crippen LogP contribution in [-0.4, -0.2) is 4.98 Å². The number of rotatable bonds is 2. The number of hydrogen-bond donors (Lipinski definition) is 1. The minimum Gasteiger partial charge on any atom is -0.389 e. The highest BCUT2D eigenvalue weighted by atomic mass is 32.1. The topological polar surface area (TPSA) is 62.7 Å². The molecule has 2 heterocycles. The summed E-state index contributed by atoms with van der Waals surface area (Å²) in [6.07, 6.45) is 3.80. The monoisotopic (exact) mass is 217 g/mol. The van der Waals surface area contributed by atoms with E-state index in [1.54, 1.807) is 6.20 Å². The van der Waals surface area contributed by atoms with Gasteiger partial charge in [-0.05, 0) is 18.1 Å². The van der Waals surface area contributed by atoms with Gasteiger partial charge in [0.2, 0.25) is 0 Å². The molecule has 0 aliphatic heterocycles. The zero-order valence-electron chi connectivity index (χ0n) is 8.45. The first-order valence-electron chi connectivity index (χ1n) is 4.84. The average molecular weight is 217 g/mol. The number of pyridine rings is 1. The maximum Gasteiger partial charge on any atom is 0.126 e. The Hall–Kier alpha value is -1.60.